The van der Waals surface area contributed by atoms with Gasteiger partial charge in [-0.25, -0.2) is 0 Å². The minimum absolute atomic E-state index is 0.753. The van der Waals surface area contributed by atoms with Crippen molar-refractivity contribution in [3.8, 4) is 0 Å². The molecule has 1 aliphatic heterocycles. The van der Waals surface area contributed by atoms with Crippen LogP contribution in [-0.2, 0) is 6.42 Å². The molecule has 1 aliphatic carbocycles. The Morgan fingerprint density at radius 3 is 3.45 bits per heavy atom. The zero-order chi connectivity index (χ0) is 7.26. The van der Waals surface area contributed by atoms with Crippen molar-refractivity contribution in [1.82, 2.24) is 15.5 Å². The monoisotopic (exact) mass is 149 g/mol. The number of nitrogens with one attached hydrogen (secondary N) is 2. The lowest BCUT2D eigenvalue weighted by molar-refractivity contribution is 0.556. The molecule has 1 aromatic heterocycles. The molecular weight excluding hydrogens is 138 g/mol. The van der Waals surface area contributed by atoms with Gasteiger partial charge in [0.25, 0.3) is 0 Å². The summed E-state index contributed by atoms with van der Waals surface area (Å²) in [6, 6.07) is 0. The maximum absolute atomic E-state index is 4.05. The van der Waals surface area contributed by atoms with Gasteiger partial charge in [-0.2, -0.15) is 5.10 Å². The first kappa shape index (κ1) is 5.77. The first-order valence-corrected chi connectivity index (χ1v) is 4.18. The van der Waals surface area contributed by atoms with Crippen molar-refractivity contribution in [2.45, 2.75) is 12.3 Å². The molecule has 0 amide bonds. The lowest BCUT2D eigenvalue weighted by atomic mass is 9.98. The van der Waals surface area contributed by atoms with E-state index in [2.05, 4.69) is 15.5 Å². The Morgan fingerprint density at radius 1 is 1.45 bits per heavy atom. The molecule has 58 valence electrons. The normalized spacial score (nSPS) is 33.8. The van der Waals surface area contributed by atoms with Crippen molar-refractivity contribution in [3.63, 3.8) is 0 Å². The summed E-state index contributed by atoms with van der Waals surface area (Å²) in [5.74, 6) is 1.60. The largest absolute Gasteiger partial charge is 0.316 e. The summed E-state index contributed by atoms with van der Waals surface area (Å²) >= 11 is 0. The number of rotatable bonds is 0. The van der Waals surface area contributed by atoms with Crippen LogP contribution in [0.4, 0.5) is 0 Å². The lowest BCUT2D eigenvalue weighted by Gasteiger charge is -2.05. The molecule has 3 nitrogen and oxygen atoms in total. The number of hydrogen-bond donors (Lipinski definition) is 2. The van der Waals surface area contributed by atoms with Gasteiger partial charge in [0.1, 0.15) is 0 Å². The molecule has 2 heterocycles. The third-order valence-electron chi connectivity index (χ3n) is 2.96. The van der Waals surface area contributed by atoms with Gasteiger partial charge in [0.2, 0.25) is 0 Å². The van der Waals surface area contributed by atoms with Crippen molar-refractivity contribution in [3.05, 3.63) is 17.5 Å². The molecular formula is C8H11N3. The van der Waals surface area contributed by atoms with Crippen LogP contribution < -0.4 is 5.32 Å². The van der Waals surface area contributed by atoms with Gasteiger partial charge in [-0.3, -0.25) is 5.10 Å². The maximum Gasteiger partial charge on any atom is 0.0525 e. The highest BCUT2D eigenvalue weighted by atomic mass is 15.1. The third-order valence-corrected chi connectivity index (χ3v) is 2.96. The summed E-state index contributed by atoms with van der Waals surface area (Å²) in [6.07, 6.45) is 3.19. The van der Waals surface area contributed by atoms with Crippen LogP contribution in [0, 0.1) is 5.92 Å². The van der Waals surface area contributed by atoms with Crippen molar-refractivity contribution < 1.29 is 0 Å². The van der Waals surface area contributed by atoms with Crippen LogP contribution in [0.3, 0.4) is 0 Å². The van der Waals surface area contributed by atoms with Crippen molar-refractivity contribution in [2.24, 2.45) is 5.92 Å². The maximum atomic E-state index is 4.05. The highest BCUT2D eigenvalue weighted by Crippen LogP contribution is 2.38. The van der Waals surface area contributed by atoms with E-state index in [1.165, 1.54) is 24.2 Å². The Hall–Kier alpha value is -0.830. The predicted molar refractivity (Wildman–Crippen MR) is 41.4 cm³/mol. The topological polar surface area (TPSA) is 40.7 Å². The Bertz CT molecular complexity index is 279. The average molecular weight is 149 g/mol. The van der Waals surface area contributed by atoms with Crippen LogP contribution in [0.2, 0.25) is 0 Å². The zero-order valence-electron chi connectivity index (χ0n) is 6.30. The fourth-order valence-corrected chi connectivity index (χ4v) is 2.38. The summed E-state index contributed by atoms with van der Waals surface area (Å²) in [6.45, 7) is 2.34. The molecule has 0 bridgehead atoms. The molecule has 3 rings (SSSR count). The molecule has 1 fully saturated rings. The first-order chi connectivity index (χ1) is 5.45. The van der Waals surface area contributed by atoms with Gasteiger partial charge in [0, 0.05) is 18.2 Å². The Balaban J connectivity index is 2.08. The molecule has 0 spiro atoms. The van der Waals surface area contributed by atoms with E-state index in [0.29, 0.717) is 0 Å². The van der Waals surface area contributed by atoms with Gasteiger partial charge in [-0.1, -0.05) is 0 Å². The summed E-state index contributed by atoms with van der Waals surface area (Å²) in [7, 11) is 0. The van der Waals surface area contributed by atoms with Gasteiger partial charge in [0.05, 0.1) is 6.20 Å². The second kappa shape index (κ2) is 1.85. The van der Waals surface area contributed by atoms with Gasteiger partial charge in [-0.05, 0) is 24.4 Å². The zero-order valence-corrected chi connectivity index (χ0v) is 6.30. The van der Waals surface area contributed by atoms with E-state index in [9.17, 15) is 0 Å². The molecule has 0 saturated carbocycles. The van der Waals surface area contributed by atoms with E-state index in [1.807, 2.05) is 6.20 Å². The lowest BCUT2D eigenvalue weighted by Crippen LogP contribution is -2.10. The minimum Gasteiger partial charge on any atom is -0.316 e. The van der Waals surface area contributed by atoms with E-state index < -0.39 is 0 Å². The van der Waals surface area contributed by atoms with E-state index in [1.54, 1.807) is 0 Å². The van der Waals surface area contributed by atoms with Crippen LogP contribution >= 0.6 is 0 Å². The number of aromatic nitrogens is 2. The van der Waals surface area contributed by atoms with Crippen LogP contribution in [0.1, 0.15) is 17.2 Å². The number of nitrogens with zero attached hydrogens (tertiary/aromatic N) is 1. The molecule has 2 unspecified atom stereocenters. The molecule has 2 N–H and O–H groups in total. The van der Waals surface area contributed by atoms with Crippen LogP contribution in [0.5, 0.6) is 0 Å². The number of aromatic amines is 1. The molecule has 1 saturated heterocycles. The fraction of sp³-hybridized carbons (Fsp3) is 0.625. The van der Waals surface area contributed by atoms with Gasteiger partial charge >= 0.3 is 0 Å². The second-order valence-corrected chi connectivity index (χ2v) is 3.53. The fourth-order valence-electron chi connectivity index (χ4n) is 2.38. The van der Waals surface area contributed by atoms with Crippen LogP contribution in [0.25, 0.3) is 0 Å². The Kier molecular flexibility index (Phi) is 0.973. The van der Waals surface area contributed by atoms with Crippen molar-refractivity contribution >= 4 is 0 Å². The Labute approximate surface area is 65.2 Å². The smallest absolute Gasteiger partial charge is 0.0525 e. The number of fused-ring (bicyclic) bond motifs is 3. The quantitative estimate of drug-likeness (QED) is 0.556. The highest BCUT2D eigenvalue weighted by molar-refractivity contribution is 5.30. The van der Waals surface area contributed by atoms with E-state index in [0.717, 1.165) is 18.4 Å². The minimum atomic E-state index is 0.753. The van der Waals surface area contributed by atoms with Crippen LogP contribution in [-0.4, -0.2) is 23.3 Å². The molecule has 1 aromatic rings. The Morgan fingerprint density at radius 2 is 2.45 bits per heavy atom. The standard InChI is InChI=1S/C8H11N3/c1-5-2-9-3-6(5)7-4-10-11-8(1)7/h4-6,9H,1-3H2,(H,10,11). The van der Waals surface area contributed by atoms with Gasteiger partial charge in [-0.15, -0.1) is 0 Å². The molecule has 0 radical (unpaired) electrons. The number of hydrogen-bond acceptors (Lipinski definition) is 2. The van der Waals surface area contributed by atoms with Crippen molar-refractivity contribution in [1.29, 1.82) is 0 Å². The van der Waals surface area contributed by atoms with Crippen molar-refractivity contribution in [2.75, 3.05) is 13.1 Å². The summed E-state index contributed by atoms with van der Waals surface area (Å²) in [5.41, 5.74) is 2.83. The first-order valence-electron chi connectivity index (χ1n) is 4.18. The van der Waals surface area contributed by atoms with Gasteiger partial charge < -0.3 is 5.32 Å². The van der Waals surface area contributed by atoms with Gasteiger partial charge in [0.15, 0.2) is 0 Å². The molecule has 2 atom stereocenters. The molecule has 0 aromatic carbocycles. The average Bonchev–Trinajstić information content (AvgIpc) is 2.52. The highest BCUT2D eigenvalue weighted by Gasteiger charge is 2.36. The third kappa shape index (κ3) is 0.639. The molecule has 3 heteroatoms. The summed E-state index contributed by atoms with van der Waals surface area (Å²) in [5, 5.41) is 10.5. The number of H-pyrrole nitrogens is 1. The predicted octanol–water partition coefficient (Wildman–Crippen LogP) is 0.269. The van der Waals surface area contributed by atoms with E-state index in [4.69, 9.17) is 0 Å². The molecule has 2 aliphatic rings. The second-order valence-electron chi connectivity index (χ2n) is 3.53. The van der Waals surface area contributed by atoms with E-state index >= 15 is 0 Å². The van der Waals surface area contributed by atoms with Crippen LogP contribution in [0.15, 0.2) is 6.20 Å². The summed E-state index contributed by atoms with van der Waals surface area (Å²) < 4.78 is 0. The van der Waals surface area contributed by atoms with E-state index in [-0.39, 0.29) is 0 Å². The SMILES string of the molecule is c1n[nH]c2c1C1CNCC1C2. The summed E-state index contributed by atoms with van der Waals surface area (Å²) in [4.78, 5) is 0. The molecule has 11 heavy (non-hydrogen) atoms.